The van der Waals surface area contributed by atoms with Crippen LogP contribution in [0.3, 0.4) is 0 Å². The van der Waals surface area contributed by atoms with Crippen LogP contribution >= 0.6 is 11.3 Å². The number of thiazole rings is 1. The lowest BCUT2D eigenvalue weighted by molar-refractivity contribution is -0.384. The maximum absolute atomic E-state index is 13.0. The van der Waals surface area contributed by atoms with Gasteiger partial charge in [-0.1, -0.05) is 0 Å². The van der Waals surface area contributed by atoms with Gasteiger partial charge in [0.2, 0.25) is 0 Å². The second kappa shape index (κ2) is 8.36. The minimum absolute atomic E-state index is 0.0252. The van der Waals surface area contributed by atoms with E-state index in [0.29, 0.717) is 33.5 Å². The molecule has 9 nitrogen and oxygen atoms in total. The topological polar surface area (TPSA) is 123 Å². The van der Waals surface area contributed by atoms with Crippen molar-refractivity contribution in [2.24, 2.45) is 0 Å². The second-order valence-electron chi connectivity index (χ2n) is 6.59. The Morgan fingerprint density at radius 1 is 1.10 bits per heavy atom. The molecule has 0 atom stereocenters. The van der Waals surface area contributed by atoms with Crippen molar-refractivity contribution in [2.75, 3.05) is 12.4 Å². The van der Waals surface area contributed by atoms with Gasteiger partial charge in [-0.2, -0.15) is 0 Å². The zero-order valence-corrected chi connectivity index (χ0v) is 17.4. The predicted octanol–water partition coefficient (Wildman–Crippen LogP) is 4.68. The van der Waals surface area contributed by atoms with Crippen molar-refractivity contribution in [3.05, 3.63) is 75.4 Å². The molecule has 4 aromatic rings. The summed E-state index contributed by atoms with van der Waals surface area (Å²) in [5, 5.41) is 16.0. The monoisotopic (exact) mass is 435 g/mol. The van der Waals surface area contributed by atoms with Crippen LogP contribution in [0.5, 0.6) is 5.75 Å². The van der Waals surface area contributed by atoms with E-state index in [-0.39, 0.29) is 17.3 Å². The lowest BCUT2D eigenvalue weighted by Gasteiger charge is -2.04. The molecule has 0 aliphatic carbocycles. The van der Waals surface area contributed by atoms with Gasteiger partial charge in [0, 0.05) is 28.6 Å². The van der Waals surface area contributed by atoms with Gasteiger partial charge in [0.1, 0.15) is 23.0 Å². The third kappa shape index (κ3) is 4.28. The van der Waals surface area contributed by atoms with Crippen LogP contribution in [0.2, 0.25) is 0 Å². The number of nitro benzene ring substituents is 1. The number of carbonyl (C=O) groups excluding carboxylic acids is 1. The highest BCUT2D eigenvalue weighted by molar-refractivity contribution is 7.13. The number of aryl methyl sites for hydroxylation is 1. The van der Waals surface area contributed by atoms with Gasteiger partial charge in [0.25, 0.3) is 11.6 Å². The van der Waals surface area contributed by atoms with Crippen LogP contribution in [0.1, 0.15) is 16.2 Å². The molecule has 0 saturated carbocycles. The number of rotatable bonds is 6. The van der Waals surface area contributed by atoms with Crippen molar-refractivity contribution in [3.63, 3.8) is 0 Å². The molecule has 2 aromatic carbocycles. The largest absolute Gasteiger partial charge is 0.497 e. The Morgan fingerprint density at radius 2 is 1.77 bits per heavy atom. The molecule has 0 spiro atoms. The van der Waals surface area contributed by atoms with Crippen molar-refractivity contribution >= 4 is 28.1 Å². The quantitative estimate of drug-likeness (QED) is 0.335. The number of nitro groups is 1. The van der Waals surface area contributed by atoms with Gasteiger partial charge in [0.05, 0.1) is 17.7 Å². The van der Waals surface area contributed by atoms with Crippen LogP contribution < -0.4 is 10.1 Å². The zero-order valence-electron chi connectivity index (χ0n) is 16.6. The number of nitrogens with one attached hydrogen (secondary N) is 2. The third-order valence-corrected chi connectivity index (χ3v) is 5.36. The summed E-state index contributed by atoms with van der Waals surface area (Å²) in [7, 11) is 1.57. The number of nitrogens with zero attached hydrogens (tertiary/aromatic N) is 3. The highest BCUT2D eigenvalue weighted by Crippen LogP contribution is 2.29. The number of imidazole rings is 1. The van der Waals surface area contributed by atoms with E-state index in [4.69, 9.17) is 4.74 Å². The maximum Gasteiger partial charge on any atom is 0.276 e. The van der Waals surface area contributed by atoms with E-state index in [1.165, 1.54) is 23.5 Å². The molecule has 0 fully saturated rings. The standard InChI is InChI=1S/C21H17N5O4S/c1-12-11-31-21(22-12)25-20(27)18-17(13-5-9-16(30-2)10-6-13)23-19(24-18)14-3-7-15(8-4-14)26(28)29/h3-11H,1-2H3,(H,23,24)(H,22,25,27). The predicted molar refractivity (Wildman–Crippen MR) is 117 cm³/mol. The summed E-state index contributed by atoms with van der Waals surface area (Å²) in [6.07, 6.45) is 0. The lowest BCUT2D eigenvalue weighted by atomic mass is 10.1. The minimum Gasteiger partial charge on any atom is -0.497 e. The Hall–Kier alpha value is -4.05. The summed E-state index contributed by atoms with van der Waals surface area (Å²) < 4.78 is 5.20. The van der Waals surface area contributed by atoms with Gasteiger partial charge in [-0.15, -0.1) is 11.3 Å². The number of anilines is 1. The SMILES string of the molecule is COc1ccc(-c2nc(-c3ccc([N+](=O)[O-])cc3)[nH]c2C(=O)Nc2nc(C)cs2)cc1. The number of hydrogen-bond donors (Lipinski definition) is 2. The molecule has 2 N–H and O–H groups in total. The van der Waals surface area contributed by atoms with Crippen molar-refractivity contribution in [1.29, 1.82) is 0 Å². The van der Waals surface area contributed by atoms with E-state index in [0.717, 1.165) is 5.69 Å². The maximum atomic E-state index is 13.0. The average molecular weight is 435 g/mol. The number of aromatic nitrogens is 3. The summed E-state index contributed by atoms with van der Waals surface area (Å²) in [5.41, 5.74) is 2.82. The molecule has 0 aliphatic heterocycles. The van der Waals surface area contributed by atoms with E-state index in [9.17, 15) is 14.9 Å². The normalized spacial score (nSPS) is 10.6. The van der Waals surface area contributed by atoms with Gasteiger partial charge < -0.3 is 9.72 Å². The van der Waals surface area contributed by atoms with E-state index < -0.39 is 4.92 Å². The number of H-pyrrole nitrogens is 1. The Balaban J connectivity index is 1.75. The first-order valence-electron chi connectivity index (χ1n) is 9.17. The molecule has 2 heterocycles. The fourth-order valence-electron chi connectivity index (χ4n) is 2.94. The molecule has 0 bridgehead atoms. The van der Waals surface area contributed by atoms with Crippen LogP contribution in [-0.2, 0) is 0 Å². The number of aromatic amines is 1. The van der Waals surface area contributed by atoms with Gasteiger partial charge >= 0.3 is 0 Å². The molecule has 0 unspecified atom stereocenters. The summed E-state index contributed by atoms with van der Waals surface area (Å²) in [5.74, 6) is 0.709. The molecular formula is C21H17N5O4S. The Bertz CT molecular complexity index is 1250. The van der Waals surface area contributed by atoms with Crippen molar-refractivity contribution < 1.29 is 14.5 Å². The number of amides is 1. The lowest BCUT2D eigenvalue weighted by Crippen LogP contribution is -2.13. The molecule has 2 aromatic heterocycles. The highest BCUT2D eigenvalue weighted by Gasteiger charge is 2.21. The van der Waals surface area contributed by atoms with Crippen molar-refractivity contribution in [2.45, 2.75) is 6.92 Å². The number of hydrogen-bond acceptors (Lipinski definition) is 7. The Kier molecular flexibility index (Phi) is 5.46. The molecule has 156 valence electrons. The molecule has 31 heavy (non-hydrogen) atoms. The van der Waals surface area contributed by atoms with E-state index in [1.807, 2.05) is 12.3 Å². The minimum atomic E-state index is -0.469. The number of methoxy groups -OCH3 is 1. The van der Waals surface area contributed by atoms with Gasteiger partial charge in [-0.05, 0) is 43.3 Å². The van der Waals surface area contributed by atoms with Crippen molar-refractivity contribution in [1.82, 2.24) is 15.0 Å². The second-order valence-corrected chi connectivity index (χ2v) is 7.45. The molecule has 0 saturated heterocycles. The van der Waals surface area contributed by atoms with Crippen LogP contribution in [0.4, 0.5) is 10.8 Å². The number of ether oxygens (including phenoxy) is 1. The first-order valence-corrected chi connectivity index (χ1v) is 10.1. The van der Waals surface area contributed by atoms with E-state index in [1.54, 1.807) is 43.5 Å². The Morgan fingerprint density at radius 3 is 2.35 bits per heavy atom. The van der Waals surface area contributed by atoms with Gasteiger partial charge in [-0.25, -0.2) is 9.97 Å². The first kappa shape index (κ1) is 20.2. The smallest absolute Gasteiger partial charge is 0.276 e. The van der Waals surface area contributed by atoms with Crippen molar-refractivity contribution in [3.8, 4) is 28.4 Å². The Labute approximate surface area is 180 Å². The van der Waals surface area contributed by atoms with E-state index in [2.05, 4.69) is 20.3 Å². The fraction of sp³-hybridized carbons (Fsp3) is 0.0952. The molecular weight excluding hydrogens is 418 g/mol. The summed E-state index contributed by atoms with van der Waals surface area (Å²) in [6, 6.07) is 13.1. The number of carbonyl (C=O) groups is 1. The average Bonchev–Trinajstić information content (AvgIpc) is 3.40. The van der Waals surface area contributed by atoms with Crippen LogP contribution in [-0.4, -0.2) is 32.9 Å². The van der Waals surface area contributed by atoms with Gasteiger partial charge in [0.15, 0.2) is 5.13 Å². The zero-order chi connectivity index (χ0) is 22.0. The highest BCUT2D eigenvalue weighted by atomic mass is 32.1. The fourth-order valence-corrected chi connectivity index (χ4v) is 3.63. The molecule has 4 rings (SSSR count). The molecule has 0 radical (unpaired) electrons. The number of non-ortho nitro benzene ring substituents is 1. The van der Waals surface area contributed by atoms with Crippen LogP contribution in [0, 0.1) is 17.0 Å². The first-order chi connectivity index (χ1) is 14.9. The summed E-state index contributed by atoms with van der Waals surface area (Å²) >= 11 is 1.33. The summed E-state index contributed by atoms with van der Waals surface area (Å²) in [4.78, 5) is 35.4. The molecule has 1 amide bonds. The molecule has 0 aliphatic rings. The number of benzene rings is 2. The van der Waals surface area contributed by atoms with E-state index >= 15 is 0 Å². The third-order valence-electron chi connectivity index (χ3n) is 4.49. The van der Waals surface area contributed by atoms with Gasteiger partial charge in [-0.3, -0.25) is 20.2 Å². The summed E-state index contributed by atoms with van der Waals surface area (Å²) in [6.45, 7) is 1.85. The van der Waals surface area contributed by atoms with Crippen LogP contribution in [0.15, 0.2) is 53.9 Å². The van der Waals surface area contributed by atoms with Crippen LogP contribution in [0.25, 0.3) is 22.6 Å². The molecule has 10 heteroatoms.